The quantitative estimate of drug-likeness (QED) is 0.607. The number of nitrogens with zero attached hydrogens (tertiary/aromatic N) is 2. The van der Waals surface area contributed by atoms with Gasteiger partial charge in [0.15, 0.2) is 5.69 Å². The summed E-state index contributed by atoms with van der Waals surface area (Å²) in [6, 6.07) is 0. The van der Waals surface area contributed by atoms with Gasteiger partial charge in [-0.3, -0.25) is 4.98 Å². The van der Waals surface area contributed by atoms with Crippen molar-refractivity contribution in [2.75, 3.05) is 0 Å². The fourth-order valence-electron chi connectivity index (χ4n) is 0.567. The van der Waals surface area contributed by atoms with Crippen LogP contribution in [-0.2, 0) is 0 Å². The van der Waals surface area contributed by atoms with E-state index in [2.05, 4.69) is 9.97 Å². The summed E-state index contributed by atoms with van der Waals surface area (Å²) < 4.78 is 0. The summed E-state index contributed by atoms with van der Waals surface area (Å²) in [7, 11) is 0. The van der Waals surface area contributed by atoms with Crippen molar-refractivity contribution >= 4 is 57.4 Å². The number of hydrogen-bond acceptors (Lipinski definition) is 3. The molecule has 0 radical (unpaired) electrons. The van der Waals surface area contributed by atoms with Gasteiger partial charge in [0.1, 0.15) is 0 Å². The number of aromatic nitrogens is 2. The molecule has 1 rings (SSSR count). The number of aryl methyl sites for hydroxylation is 1. The summed E-state index contributed by atoms with van der Waals surface area (Å²) in [5, 5.41) is 8.41. The van der Waals surface area contributed by atoms with Crippen molar-refractivity contribution in [3.8, 4) is 0 Å². The van der Waals surface area contributed by atoms with Gasteiger partial charge in [0.05, 0.1) is 11.9 Å². The molecule has 0 bridgehead atoms. The summed E-state index contributed by atoms with van der Waals surface area (Å²) in [6.45, 7) is 1.69. The van der Waals surface area contributed by atoms with Crippen molar-refractivity contribution in [3.63, 3.8) is 0 Å². The molecule has 0 saturated carbocycles. The average molecular weight is 178 g/mol. The van der Waals surface area contributed by atoms with E-state index in [4.69, 9.17) is 5.11 Å². The zero-order chi connectivity index (χ0) is 7.56. The van der Waals surface area contributed by atoms with Gasteiger partial charge in [-0.05, 0) is 6.92 Å². The molecule has 5 heteroatoms. The molecular formula is C6H7KN2O2. The van der Waals surface area contributed by atoms with Gasteiger partial charge in [-0.1, -0.05) is 0 Å². The molecule has 1 N–H and O–H groups in total. The van der Waals surface area contributed by atoms with Crippen molar-refractivity contribution in [3.05, 3.63) is 23.8 Å². The molecule has 4 nitrogen and oxygen atoms in total. The second-order valence-electron chi connectivity index (χ2n) is 1.85. The Morgan fingerprint density at radius 2 is 2.18 bits per heavy atom. The van der Waals surface area contributed by atoms with Gasteiger partial charge in [-0.2, -0.15) is 0 Å². The van der Waals surface area contributed by atoms with E-state index >= 15 is 0 Å². The summed E-state index contributed by atoms with van der Waals surface area (Å²) in [4.78, 5) is 17.6. The zero-order valence-corrected chi connectivity index (χ0v) is 5.40. The summed E-state index contributed by atoms with van der Waals surface area (Å²) in [5.41, 5.74) is 0.597. The molecule has 54 valence electrons. The van der Waals surface area contributed by atoms with Crippen LogP contribution >= 0.6 is 0 Å². The van der Waals surface area contributed by atoms with Crippen molar-refractivity contribution in [1.29, 1.82) is 0 Å². The Labute approximate surface area is 106 Å². The molecule has 1 aromatic rings. The van der Waals surface area contributed by atoms with Gasteiger partial charge in [0, 0.05) is 6.20 Å². The standard InChI is InChI=1S/C6H6N2O2.K.H/c1-4-2-7-3-5(8-4)6(9)10;;/h2-3H,1H3,(H,9,10);;. The molecule has 0 aromatic carbocycles. The van der Waals surface area contributed by atoms with E-state index < -0.39 is 5.97 Å². The third-order valence-corrected chi connectivity index (χ3v) is 0.974. The third kappa shape index (κ3) is 3.39. The fourth-order valence-corrected chi connectivity index (χ4v) is 0.567. The number of rotatable bonds is 1. The van der Waals surface area contributed by atoms with E-state index in [0.29, 0.717) is 5.69 Å². The summed E-state index contributed by atoms with van der Waals surface area (Å²) >= 11 is 0. The second-order valence-corrected chi connectivity index (χ2v) is 1.85. The molecule has 0 fully saturated rings. The van der Waals surface area contributed by atoms with Gasteiger partial charge in [0.2, 0.25) is 0 Å². The molecular weight excluding hydrogens is 171 g/mol. The first-order valence-corrected chi connectivity index (χ1v) is 2.72. The summed E-state index contributed by atoms with van der Waals surface area (Å²) in [5.74, 6) is -1.05. The van der Waals surface area contributed by atoms with E-state index in [-0.39, 0.29) is 57.1 Å². The van der Waals surface area contributed by atoms with E-state index in [1.807, 2.05) is 0 Å². The number of aromatic carboxylic acids is 1. The summed E-state index contributed by atoms with van der Waals surface area (Å²) in [6.07, 6.45) is 2.72. The molecule has 0 atom stereocenters. The Morgan fingerprint density at radius 1 is 1.55 bits per heavy atom. The first kappa shape index (κ1) is 11.2. The predicted octanol–water partition coefficient (Wildman–Crippen LogP) is -0.165. The van der Waals surface area contributed by atoms with Crippen LogP contribution in [0.25, 0.3) is 0 Å². The fraction of sp³-hybridized carbons (Fsp3) is 0.167. The molecule has 0 saturated heterocycles. The Balaban J connectivity index is 0.000001000. The molecule has 0 aliphatic carbocycles. The number of hydrogen-bond donors (Lipinski definition) is 1. The number of carboxylic acids is 1. The van der Waals surface area contributed by atoms with Crippen LogP contribution in [0.4, 0.5) is 0 Å². The van der Waals surface area contributed by atoms with Crippen LogP contribution in [0.2, 0.25) is 0 Å². The van der Waals surface area contributed by atoms with Crippen LogP contribution in [0.1, 0.15) is 16.2 Å². The first-order chi connectivity index (χ1) is 4.70. The minimum atomic E-state index is -1.05. The molecule has 11 heavy (non-hydrogen) atoms. The van der Waals surface area contributed by atoms with Gasteiger partial charge >= 0.3 is 57.4 Å². The molecule has 1 heterocycles. The monoisotopic (exact) mass is 178 g/mol. The number of carboxylic acid groups (broad SMARTS) is 1. The van der Waals surface area contributed by atoms with Gasteiger partial charge in [-0.15, -0.1) is 0 Å². The molecule has 0 unspecified atom stereocenters. The van der Waals surface area contributed by atoms with Crippen LogP contribution < -0.4 is 0 Å². The first-order valence-electron chi connectivity index (χ1n) is 2.72. The Morgan fingerprint density at radius 3 is 2.55 bits per heavy atom. The molecule has 1 aromatic heterocycles. The SMILES string of the molecule is Cc1cncc(C(=O)O)n1.[KH]. The Hall–Kier alpha value is 0.186. The van der Waals surface area contributed by atoms with Crippen LogP contribution in [-0.4, -0.2) is 72.4 Å². The van der Waals surface area contributed by atoms with Crippen LogP contribution in [0.5, 0.6) is 0 Å². The van der Waals surface area contributed by atoms with Crippen LogP contribution in [0.15, 0.2) is 12.4 Å². The molecule has 0 aliphatic heterocycles. The van der Waals surface area contributed by atoms with E-state index in [0.717, 1.165) is 0 Å². The minimum absolute atomic E-state index is 0. The predicted molar refractivity (Wildman–Crippen MR) is 40.9 cm³/mol. The van der Waals surface area contributed by atoms with Gasteiger partial charge in [-0.25, -0.2) is 9.78 Å². The van der Waals surface area contributed by atoms with Gasteiger partial charge in [0.25, 0.3) is 0 Å². The van der Waals surface area contributed by atoms with Crippen molar-refractivity contribution in [2.24, 2.45) is 0 Å². The average Bonchev–Trinajstić information content (AvgIpc) is 1.88. The van der Waals surface area contributed by atoms with Crippen molar-refractivity contribution < 1.29 is 9.90 Å². The topological polar surface area (TPSA) is 63.1 Å². The third-order valence-electron chi connectivity index (χ3n) is 0.974. The molecule has 0 aliphatic rings. The van der Waals surface area contributed by atoms with E-state index in [1.54, 1.807) is 6.92 Å². The van der Waals surface area contributed by atoms with Crippen molar-refractivity contribution in [1.82, 2.24) is 9.97 Å². The van der Waals surface area contributed by atoms with E-state index in [9.17, 15) is 4.79 Å². The Kier molecular flexibility index (Phi) is 5.03. The Bertz CT molecular complexity index is 265. The van der Waals surface area contributed by atoms with Crippen LogP contribution in [0, 0.1) is 6.92 Å². The normalized spacial score (nSPS) is 8.45. The molecule has 0 spiro atoms. The maximum absolute atomic E-state index is 10.3. The number of carbonyl (C=O) groups is 1. The van der Waals surface area contributed by atoms with Gasteiger partial charge < -0.3 is 5.11 Å². The van der Waals surface area contributed by atoms with E-state index in [1.165, 1.54) is 12.4 Å². The molecule has 0 amide bonds. The maximum atomic E-state index is 10.3. The van der Waals surface area contributed by atoms with Crippen LogP contribution in [0.3, 0.4) is 0 Å². The second kappa shape index (κ2) is 4.94. The zero-order valence-electron chi connectivity index (χ0n) is 5.40. The van der Waals surface area contributed by atoms with Crippen molar-refractivity contribution in [2.45, 2.75) is 6.92 Å².